The molecule has 0 bridgehead atoms. The number of anilines is 1. The quantitative estimate of drug-likeness (QED) is 0.302. The van der Waals surface area contributed by atoms with E-state index in [1.807, 2.05) is 47.1 Å². The molecule has 4 aromatic rings. The summed E-state index contributed by atoms with van der Waals surface area (Å²) in [6, 6.07) is 14.2. The third kappa shape index (κ3) is 3.96. The number of fused-ring (bicyclic) bond motifs is 1. The van der Waals surface area contributed by atoms with E-state index in [2.05, 4.69) is 42.2 Å². The van der Waals surface area contributed by atoms with Gasteiger partial charge in [-0.15, -0.1) is 0 Å². The number of nitrogens with zero attached hydrogens (tertiary/aromatic N) is 2. The summed E-state index contributed by atoms with van der Waals surface area (Å²) in [5, 5.41) is 3.63. The van der Waals surface area contributed by atoms with Crippen LogP contribution in [0.25, 0.3) is 16.9 Å². The lowest BCUT2D eigenvalue weighted by molar-refractivity contribution is 0.102. The van der Waals surface area contributed by atoms with Crippen molar-refractivity contribution in [2.75, 3.05) is 5.32 Å². The molecule has 1 N–H and O–H groups in total. The number of rotatable bonds is 3. The number of pyridine rings is 1. The second-order valence-corrected chi connectivity index (χ2v) is 8.63. The number of carbonyl (C=O) groups excluding carboxylic acids is 1. The Morgan fingerprint density at radius 1 is 1.00 bits per heavy atom. The van der Waals surface area contributed by atoms with Crippen molar-refractivity contribution in [3.63, 3.8) is 0 Å². The van der Waals surface area contributed by atoms with Gasteiger partial charge in [0.15, 0.2) is 5.65 Å². The fourth-order valence-corrected chi connectivity index (χ4v) is 4.55. The van der Waals surface area contributed by atoms with E-state index in [0.29, 0.717) is 21.3 Å². The Balaban J connectivity index is 1.57. The molecule has 0 aliphatic heterocycles. The fourth-order valence-electron chi connectivity index (χ4n) is 2.76. The summed E-state index contributed by atoms with van der Waals surface area (Å²) in [4.78, 5) is 17.1. The molecule has 2 aromatic heterocycles. The average Bonchev–Trinajstić information content (AvgIpc) is 3.06. The highest BCUT2D eigenvalue weighted by Crippen LogP contribution is 2.27. The standard InChI is InChI=1S/C20H11Br2Cl2N3O/c21-12-7-16(22)19-26-18(10-27(19)9-12)11-1-4-14(5-2-11)25-20(28)15-6-3-13(23)8-17(15)24/h1-10H,(H,25,28). The lowest BCUT2D eigenvalue weighted by Gasteiger charge is -2.07. The van der Waals surface area contributed by atoms with Crippen LogP contribution < -0.4 is 5.32 Å². The van der Waals surface area contributed by atoms with Gasteiger partial charge in [-0.05, 0) is 68.3 Å². The zero-order chi connectivity index (χ0) is 19.8. The molecule has 2 aromatic carbocycles. The minimum atomic E-state index is -0.295. The van der Waals surface area contributed by atoms with E-state index in [9.17, 15) is 4.79 Å². The number of nitrogens with one attached hydrogen (secondary N) is 1. The Hall–Kier alpha value is -1.86. The van der Waals surface area contributed by atoms with Crippen LogP contribution in [-0.2, 0) is 0 Å². The van der Waals surface area contributed by atoms with Crippen LogP contribution in [0.15, 0.2) is 69.9 Å². The van der Waals surface area contributed by atoms with Crippen molar-refractivity contribution in [2.45, 2.75) is 0 Å². The molecule has 4 rings (SSSR count). The molecule has 0 saturated carbocycles. The number of hydrogen-bond acceptors (Lipinski definition) is 2. The summed E-state index contributed by atoms with van der Waals surface area (Å²) in [5.74, 6) is -0.295. The maximum Gasteiger partial charge on any atom is 0.257 e. The van der Waals surface area contributed by atoms with E-state index in [1.165, 1.54) is 0 Å². The molecule has 0 aliphatic carbocycles. The van der Waals surface area contributed by atoms with Crippen molar-refractivity contribution in [3.8, 4) is 11.3 Å². The first kappa shape index (κ1) is 19.5. The Kier molecular flexibility index (Phi) is 5.47. The van der Waals surface area contributed by atoms with Crippen LogP contribution in [0, 0.1) is 0 Å². The third-order valence-electron chi connectivity index (χ3n) is 4.09. The van der Waals surface area contributed by atoms with Crippen molar-refractivity contribution in [1.82, 2.24) is 9.38 Å². The zero-order valence-corrected chi connectivity index (χ0v) is 18.8. The van der Waals surface area contributed by atoms with Crippen LogP contribution in [0.5, 0.6) is 0 Å². The van der Waals surface area contributed by atoms with Crippen molar-refractivity contribution in [2.24, 2.45) is 0 Å². The molecule has 0 aliphatic rings. The Labute approximate surface area is 187 Å². The summed E-state index contributed by atoms with van der Waals surface area (Å²) >= 11 is 19.0. The Morgan fingerprint density at radius 2 is 1.75 bits per heavy atom. The lowest BCUT2D eigenvalue weighted by Crippen LogP contribution is -2.12. The average molecular weight is 540 g/mol. The van der Waals surface area contributed by atoms with Crippen LogP contribution in [0.4, 0.5) is 5.69 Å². The zero-order valence-electron chi connectivity index (χ0n) is 14.1. The molecule has 0 fully saturated rings. The molecule has 0 saturated heterocycles. The van der Waals surface area contributed by atoms with E-state index < -0.39 is 0 Å². The molecule has 0 atom stereocenters. The molecular weight excluding hydrogens is 529 g/mol. The first-order valence-corrected chi connectivity index (χ1v) is 10.5. The molecular formula is C20H11Br2Cl2N3O. The molecule has 140 valence electrons. The molecule has 28 heavy (non-hydrogen) atoms. The van der Waals surface area contributed by atoms with Crippen LogP contribution in [0.2, 0.25) is 10.0 Å². The van der Waals surface area contributed by atoms with Gasteiger partial charge in [0.25, 0.3) is 5.91 Å². The molecule has 0 unspecified atom stereocenters. The van der Waals surface area contributed by atoms with E-state index in [-0.39, 0.29) is 5.91 Å². The predicted octanol–water partition coefficient (Wildman–Crippen LogP) is 7.09. The van der Waals surface area contributed by atoms with Crippen molar-refractivity contribution in [1.29, 1.82) is 0 Å². The normalized spacial score (nSPS) is 11.0. The van der Waals surface area contributed by atoms with E-state index in [4.69, 9.17) is 23.2 Å². The number of carbonyl (C=O) groups is 1. The highest BCUT2D eigenvalue weighted by Gasteiger charge is 2.12. The second kappa shape index (κ2) is 7.87. The summed E-state index contributed by atoms with van der Waals surface area (Å²) in [7, 11) is 0. The summed E-state index contributed by atoms with van der Waals surface area (Å²) in [6.45, 7) is 0. The largest absolute Gasteiger partial charge is 0.322 e. The van der Waals surface area contributed by atoms with Crippen LogP contribution in [0.1, 0.15) is 10.4 Å². The number of aromatic nitrogens is 2. The first-order chi connectivity index (χ1) is 13.4. The van der Waals surface area contributed by atoms with Crippen molar-refractivity contribution in [3.05, 3.63) is 85.5 Å². The van der Waals surface area contributed by atoms with Crippen LogP contribution in [-0.4, -0.2) is 15.3 Å². The topological polar surface area (TPSA) is 46.4 Å². The number of halogens is 4. The van der Waals surface area contributed by atoms with Gasteiger partial charge >= 0.3 is 0 Å². The Morgan fingerprint density at radius 3 is 2.46 bits per heavy atom. The van der Waals surface area contributed by atoms with Crippen LogP contribution in [0.3, 0.4) is 0 Å². The molecule has 0 spiro atoms. The molecule has 1 amide bonds. The summed E-state index contributed by atoms with van der Waals surface area (Å²) in [6.07, 6.45) is 3.90. The predicted molar refractivity (Wildman–Crippen MR) is 120 cm³/mol. The monoisotopic (exact) mass is 537 g/mol. The van der Waals surface area contributed by atoms with Gasteiger partial charge in [0.2, 0.25) is 0 Å². The third-order valence-corrected chi connectivity index (χ3v) is 5.65. The van der Waals surface area contributed by atoms with Gasteiger partial charge in [-0.2, -0.15) is 0 Å². The fraction of sp³-hybridized carbons (Fsp3) is 0. The number of benzene rings is 2. The summed E-state index contributed by atoms with van der Waals surface area (Å²) in [5.41, 5.74) is 3.62. The smallest absolute Gasteiger partial charge is 0.257 e. The highest BCUT2D eigenvalue weighted by molar-refractivity contribution is 9.11. The van der Waals surface area contributed by atoms with Gasteiger partial charge in [0, 0.05) is 33.1 Å². The number of hydrogen-bond donors (Lipinski definition) is 1. The SMILES string of the molecule is O=C(Nc1ccc(-c2cn3cc(Br)cc(Br)c3n2)cc1)c1ccc(Cl)cc1Cl. The first-order valence-electron chi connectivity index (χ1n) is 8.11. The van der Waals surface area contributed by atoms with Gasteiger partial charge in [-0.1, -0.05) is 35.3 Å². The molecule has 2 heterocycles. The molecule has 0 radical (unpaired) electrons. The molecule has 4 nitrogen and oxygen atoms in total. The van der Waals surface area contributed by atoms with E-state index >= 15 is 0 Å². The van der Waals surface area contributed by atoms with Gasteiger partial charge < -0.3 is 9.72 Å². The number of imidazole rings is 1. The lowest BCUT2D eigenvalue weighted by atomic mass is 10.1. The maximum absolute atomic E-state index is 12.4. The van der Waals surface area contributed by atoms with E-state index in [1.54, 1.807) is 18.2 Å². The van der Waals surface area contributed by atoms with Crippen molar-refractivity contribution < 1.29 is 4.79 Å². The molecule has 8 heteroatoms. The maximum atomic E-state index is 12.4. The van der Waals surface area contributed by atoms with Gasteiger partial charge in [0.1, 0.15) is 0 Å². The van der Waals surface area contributed by atoms with E-state index in [0.717, 1.165) is 25.8 Å². The van der Waals surface area contributed by atoms with Crippen molar-refractivity contribution >= 4 is 72.3 Å². The second-order valence-electron chi connectivity index (χ2n) is 6.02. The minimum Gasteiger partial charge on any atom is -0.322 e. The van der Waals surface area contributed by atoms with Gasteiger partial charge in [-0.25, -0.2) is 4.98 Å². The number of amides is 1. The Bertz CT molecular complexity index is 1210. The minimum absolute atomic E-state index is 0.295. The van der Waals surface area contributed by atoms with Crippen LogP contribution >= 0.6 is 55.1 Å². The van der Waals surface area contributed by atoms with Gasteiger partial charge in [0.05, 0.1) is 20.8 Å². The highest BCUT2D eigenvalue weighted by atomic mass is 79.9. The van der Waals surface area contributed by atoms with Gasteiger partial charge in [-0.3, -0.25) is 4.79 Å². The summed E-state index contributed by atoms with van der Waals surface area (Å²) < 4.78 is 3.80.